The molecule has 21 heavy (non-hydrogen) atoms. The molecule has 0 saturated heterocycles. The summed E-state index contributed by atoms with van der Waals surface area (Å²) in [6, 6.07) is 1.36. The number of rotatable bonds is 6. The van der Waals surface area contributed by atoms with Crippen molar-refractivity contribution >= 4 is 34.8 Å². The van der Waals surface area contributed by atoms with Crippen LogP contribution >= 0.6 is 34.8 Å². The SMILES string of the molecule is CNC(c1ncc(Cl)cc1Cl)c1c(Cl)cnn1CCOC. The van der Waals surface area contributed by atoms with Crippen molar-refractivity contribution in [2.75, 3.05) is 20.8 Å². The monoisotopic (exact) mass is 348 g/mol. The van der Waals surface area contributed by atoms with Crippen LogP contribution in [0.3, 0.4) is 0 Å². The molecule has 0 bridgehead atoms. The number of ether oxygens (including phenoxy) is 1. The number of hydrogen-bond acceptors (Lipinski definition) is 4. The van der Waals surface area contributed by atoms with Crippen LogP contribution in [0.2, 0.25) is 15.1 Å². The van der Waals surface area contributed by atoms with E-state index in [-0.39, 0.29) is 6.04 Å². The zero-order chi connectivity index (χ0) is 15.4. The maximum atomic E-state index is 6.27. The molecule has 0 aromatic carbocycles. The van der Waals surface area contributed by atoms with Crippen LogP contribution in [-0.4, -0.2) is 35.5 Å². The second kappa shape index (κ2) is 7.42. The van der Waals surface area contributed by atoms with Crippen LogP contribution in [0.5, 0.6) is 0 Å². The van der Waals surface area contributed by atoms with Gasteiger partial charge in [-0.05, 0) is 13.1 Å². The molecule has 0 aliphatic rings. The molecule has 0 amide bonds. The van der Waals surface area contributed by atoms with Crippen LogP contribution in [0.4, 0.5) is 0 Å². The highest BCUT2D eigenvalue weighted by Crippen LogP contribution is 2.31. The molecule has 5 nitrogen and oxygen atoms in total. The van der Waals surface area contributed by atoms with Crippen LogP contribution in [0.1, 0.15) is 17.4 Å². The van der Waals surface area contributed by atoms with Gasteiger partial charge in [0.25, 0.3) is 0 Å². The van der Waals surface area contributed by atoms with Gasteiger partial charge in [-0.15, -0.1) is 0 Å². The molecule has 2 aromatic rings. The molecule has 0 radical (unpaired) electrons. The molecular formula is C13H15Cl3N4O. The van der Waals surface area contributed by atoms with Gasteiger partial charge in [0.1, 0.15) is 0 Å². The number of pyridine rings is 1. The van der Waals surface area contributed by atoms with Crippen molar-refractivity contribution in [3.8, 4) is 0 Å². The fourth-order valence-corrected chi connectivity index (χ4v) is 2.79. The first-order chi connectivity index (χ1) is 10.1. The van der Waals surface area contributed by atoms with Crippen molar-refractivity contribution in [2.45, 2.75) is 12.6 Å². The van der Waals surface area contributed by atoms with Gasteiger partial charge in [-0.1, -0.05) is 34.8 Å². The van der Waals surface area contributed by atoms with E-state index in [1.165, 1.54) is 0 Å². The van der Waals surface area contributed by atoms with Gasteiger partial charge in [0, 0.05) is 13.3 Å². The molecule has 0 spiro atoms. The first-order valence-corrected chi connectivity index (χ1v) is 7.40. The Morgan fingerprint density at radius 1 is 1.29 bits per heavy atom. The molecule has 8 heteroatoms. The molecule has 0 saturated carbocycles. The average molecular weight is 350 g/mol. The second-order valence-electron chi connectivity index (χ2n) is 4.34. The van der Waals surface area contributed by atoms with Gasteiger partial charge in [-0.25, -0.2) is 0 Å². The van der Waals surface area contributed by atoms with Crippen molar-refractivity contribution in [1.29, 1.82) is 0 Å². The quantitative estimate of drug-likeness (QED) is 0.870. The fraction of sp³-hybridized carbons (Fsp3) is 0.385. The molecule has 0 fully saturated rings. The fourth-order valence-electron chi connectivity index (χ4n) is 2.06. The molecule has 114 valence electrons. The first-order valence-electron chi connectivity index (χ1n) is 6.26. The average Bonchev–Trinajstić information content (AvgIpc) is 2.81. The van der Waals surface area contributed by atoms with Gasteiger partial charge >= 0.3 is 0 Å². The lowest BCUT2D eigenvalue weighted by atomic mass is 10.1. The van der Waals surface area contributed by atoms with Gasteiger partial charge in [-0.3, -0.25) is 9.67 Å². The van der Waals surface area contributed by atoms with Crippen LogP contribution in [0, 0.1) is 0 Å². The molecule has 0 aliphatic carbocycles. The Kier molecular flexibility index (Phi) is 5.84. The van der Waals surface area contributed by atoms with Gasteiger partial charge < -0.3 is 10.1 Å². The van der Waals surface area contributed by atoms with Gasteiger partial charge in [-0.2, -0.15) is 5.10 Å². The molecule has 2 aromatic heterocycles. The maximum absolute atomic E-state index is 6.27. The minimum Gasteiger partial charge on any atom is -0.383 e. The van der Waals surface area contributed by atoms with E-state index < -0.39 is 0 Å². The maximum Gasteiger partial charge on any atom is 0.0949 e. The summed E-state index contributed by atoms with van der Waals surface area (Å²) in [6.07, 6.45) is 3.15. The van der Waals surface area contributed by atoms with E-state index in [4.69, 9.17) is 39.5 Å². The summed E-state index contributed by atoms with van der Waals surface area (Å²) < 4.78 is 6.86. The topological polar surface area (TPSA) is 52.0 Å². The van der Waals surface area contributed by atoms with Crippen molar-refractivity contribution in [2.24, 2.45) is 0 Å². The lowest BCUT2D eigenvalue weighted by molar-refractivity contribution is 0.182. The summed E-state index contributed by atoms with van der Waals surface area (Å²) in [4.78, 5) is 4.31. The van der Waals surface area contributed by atoms with Crippen LogP contribution < -0.4 is 5.32 Å². The first kappa shape index (κ1) is 16.5. The minimum absolute atomic E-state index is 0.290. The van der Waals surface area contributed by atoms with Crippen molar-refractivity contribution in [1.82, 2.24) is 20.1 Å². The summed E-state index contributed by atoms with van der Waals surface area (Å²) in [5.74, 6) is 0. The molecule has 0 aliphatic heterocycles. The molecular weight excluding hydrogens is 335 g/mol. The Morgan fingerprint density at radius 2 is 2.05 bits per heavy atom. The molecule has 2 rings (SSSR count). The number of aromatic nitrogens is 3. The number of halogens is 3. The van der Waals surface area contributed by atoms with E-state index in [2.05, 4.69) is 15.4 Å². The summed E-state index contributed by atoms with van der Waals surface area (Å²) >= 11 is 18.4. The van der Waals surface area contributed by atoms with Gasteiger partial charge in [0.05, 0.1) is 51.8 Å². The second-order valence-corrected chi connectivity index (χ2v) is 5.59. The highest BCUT2D eigenvalue weighted by Gasteiger charge is 2.24. The minimum atomic E-state index is -0.290. The number of hydrogen-bond donors (Lipinski definition) is 1. The summed E-state index contributed by atoms with van der Waals surface area (Å²) in [5, 5.41) is 8.92. The Balaban J connectivity index is 2.43. The number of nitrogens with zero attached hydrogens (tertiary/aromatic N) is 3. The Morgan fingerprint density at radius 3 is 2.67 bits per heavy atom. The lowest BCUT2D eigenvalue weighted by Gasteiger charge is -2.19. The van der Waals surface area contributed by atoms with E-state index in [1.54, 1.807) is 37.3 Å². The third kappa shape index (κ3) is 3.67. The van der Waals surface area contributed by atoms with Crippen molar-refractivity contribution in [3.63, 3.8) is 0 Å². The van der Waals surface area contributed by atoms with Crippen LogP contribution in [0.25, 0.3) is 0 Å². The molecule has 1 N–H and O–H groups in total. The van der Waals surface area contributed by atoms with Gasteiger partial charge in [0.15, 0.2) is 0 Å². The van der Waals surface area contributed by atoms with E-state index in [0.717, 1.165) is 5.69 Å². The third-order valence-electron chi connectivity index (χ3n) is 3.01. The Labute approximate surface area is 138 Å². The standard InChI is InChI=1S/C13H15Cl3N4O/c1-17-12(11-9(15)5-8(14)6-18-11)13-10(16)7-19-20(13)3-4-21-2/h5-7,12,17H,3-4H2,1-2H3. The summed E-state index contributed by atoms with van der Waals surface area (Å²) in [5.41, 5.74) is 1.43. The predicted molar refractivity (Wildman–Crippen MR) is 84.3 cm³/mol. The Hall–Kier alpha value is -0.850. The highest BCUT2D eigenvalue weighted by molar-refractivity contribution is 6.35. The molecule has 1 unspecified atom stereocenters. The molecule has 2 heterocycles. The smallest absolute Gasteiger partial charge is 0.0949 e. The summed E-state index contributed by atoms with van der Waals surface area (Å²) in [6.45, 7) is 1.12. The third-order valence-corrected chi connectivity index (χ3v) is 3.81. The van der Waals surface area contributed by atoms with E-state index in [0.29, 0.717) is 33.9 Å². The number of methoxy groups -OCH3 is 1. The van der Waals surface area contributed by atoms with Crippen LogP contribution in [-0.2, 0) is 11.3 Å². The normalized spacial score (nSPS) is 12.6. The van der Waals surface area contributed by atoms with E-state index in [1.807, 2.05) is 0 Å². The van der Waals surface area contributed by atoms with Gasteiger partial charge in [0.2, 0.25) is 0 Å². The Bertz CT molecular complexity index is 617. The van der Waals surface area contributed by atoms with E-state index >= 15 is 0 Å². The van der Waals surface area contributed by atoms with E-state index in [9.17, 15) is 0 Å². The highest BCUT2D eigenvalue weighted by atomic mass is 35.5. The lowest BCUT2D eigenvalue weighted by Crippen LogP contribution is -2.24. The predicted octanol–water partition coefficient (Wildman–Crippen LogP) is 3.19. The zero-order valence-corrected chi connectivity index (χ0v) is 13.9. The van der Waals surface area contributed by atoms with Crippen molar-refractivity contribution in [3.05, 3.63) is 44.9 Å². The van der Waals surface area contributed by atoms with Crippen LogP contribution in [0.15, 0.2) is 18.5 Å². The summed E-state index contributed by atoms with van der Waals surface area (Å²) in [7, 11) is 3.44. The molecule has 1 atom stereocenters. The van der Waals surface area contributed by atoms with Crippen molar-refractivity contribution < 1.29 is 4.74 Å². The number of nitrogens with one attached hydrogen (secondary N) is 1. The largest absolute Gasteiger partial charge is 0.383 e. The zero-order valence-electron chi connectivity index (χ0n) is 11.6.